The highest BCUT2D eigenvalue weighted by atomic mass is 79.9. The largest absolute Gasteiger partial charge is 0.355 e. The van der Waals surface area contributed by atoms with Crippen LogP contribution in [0.25, 0.3) is 0 Å². The number of nitrogens with zero attached hydrogens (tertiary/aromatic N) is 3. The summed E-state index contributed by atoms with van der Waals surface area (Å²) in [6, 6.07) is 18.8. The summed E-state index contributed by atoms with van der Waals surface area (Å²) in [7, 11) is 0. The van der Waals surface area contributed by atoms with Gasteiger partial charge in [0, 0.05) is 41.3 Å². The van der Waals surface area contributed by atoms with E-state index in [0.29, 0.717) is 11.4 Å². The molecule has 0 unspecified atom stereocenters. The van der Waals surface area contributed by atoms with E-state index in [-0.39, 0.29) is 24.5 Å². The zero-order chi connectivity index (χ0) is 23.2. The Labute approximate surface area is 201 Å². The Kier molecular flexibility index (Phi) is 7.29. The first-order valence-corrected chi connectivity index (χ1v) is 11.7. The Hall–Kier alpha value is -3.32. The highest BCUT2D eigenvalue weighted by Crippen LogP contribution is 2.17. The lowest BCUT2D eigenvalue weighted by molar-refractivity contribution is -0.115. The van der Waals surface area contributed by atoms with Crippen molar-refractivity contribution in [3.8, 4) is 0 Å². The third-order valence-electron chi connectivity index (χ3n) is 5.59. The number of benzene rings is 2. The van der Waals surface area contributed by atoms with Gasteiger partial charge in [-0.3, -0.25) is 14.6 Å². The molecule has 1 aromatic heterocycles. The summed E-state index contributed by atoms with van der Waals surface area (Å²) in [5.41, 5.74) is 3.36. The number of hydrogen-bond acceptors (Lipinski definition) is 5. The molecule has 2 heterocycles. The quantitative estimate of drug-likeness (QED) is 0.457. The van der Waals surface area contributed by atoms with Gasteiger partial charge in [-0.05, 0) is 46.1 Å². The summed E-state index contributed by atoms with van der Waals surface area (Å²) in [5.74, 6) is 1.33. The molecule has 0 bridgehead atoms. The maximum atomic E-state index is 13.0. The molecule has 1 aliphatic heterocycles. The first kappa shape index (κ1) is 22.9. The lowest BCUT2D eigenvalue weighted by atomic mass is 9.96. The zero-order valence-corrected chi connectivity index (χ0v) is 20.0. The van der Waals surface area contributed by atoms with Gasteiger partial charge in [-0.2, -0.15) is 0 Å². The minimum Gasteiger partial charge on any atom is -0.355 e. The minimum absolute atomic E-state index is 0.0182. The van der Waals surface area contributed by atoms with E-state index < -0.39 is 0 Å². The number of rotatable bonds is 8. The van der Waals surface area contributed by atoms with E-state index >= 15 is 0 Å². The van der Waals surface area contributed by atoms with E-state index in [1.54, 1.807) is 12.3 Å². The molecule has 33 heavy (non-hydrogen) atoms. The van der Waals surface area contributed by atoms with Crippen LogP contribution < -0.4 is 5.32 Å². The molecule has 0 saturated carbocycles. The lowest BCUT2D eigenvalue weighted by Crippen LogP contribution is -2.28. The van der Waals surface area contributed by atoms with Gasteiger partial charge in [0.15, 0.2) is 5.78 Å². The van der Waals surface area contributed by atoms with Crippen LogP contribution in [0.1, 0.15) is 34.0 Å². The predicted octanol–water partition coefficient (Wildman–Crippen LogP) is 4.53. The average molecular weight is 505 g/mol. The predicted molar refractivity (Wildman–Crippen MR) is 134 cm³/mol. The fourth-order valence-corrected chi connectivity index (χ4v) is 4.09. The summed E-state index contributed by atoms with van der Waals surface area (Å²) >= 11 is 3.33. The molecule has 2 aromatic carbocycles. The molecule has 0 radical (unpaired) electrons. The van der Waals surface area contributed by atoms with Gasteiger partial charge in [-0.25, -0.2) is 4.98 Å². The number of halogens is 1. The summed E-state index contributed by atoms with van der Waals surface area (Å²) < 4.78 is 0.844. The van der Waals surface area contributed by atoms with Crippen LogP contribution in [0.2, 0.25) is 0 Å². The number of anilines is 1. The average Bonchev–Trinajstić information content (AvgIpc) is 3.31. The highest BCUT2D eigenvalue weighted by Gasteiger charge is 2.18. The number of aromatic nitrogens is 1. The van der Waals surface area contributed by atoms with Crippen molar-refractivity contribution in [2.75, 3.05) is 25.0 Å². The van der Waals surface area contributed by atoms with Crippen LogP contribution in [0, 0.1) is 0 Å². The van der Waals surface area contributed by atoms with E-state index in [2.05, 4.69) is 43.0 Å². The fraction of sp³-hybridized carbons (Fsp3) is 0.231. The van der Waals surface area contributed by atoms with Gasteiger partial charge in [-0.1, -0.05) is 48.5 Å². The van der Waals surface area contributed by atoms with Crippen LogP contribution in [-0.4, -0.2) is 47.0 Å². The fourth-order valence-electron chi connectivity index (χ4n) is 3.86. The van der Waals surface area contributed by atoms with E-state index in [0.717, 1.165) is 46.6 Å². The number of carbonyl (C=O) groups excluding carboxylic acids is 2. The first-order valence-electron chi connectivity index (χ1n) is 10.9. The van der Waals surface area contributed by atoms with Crippen molar-refractivity contribution in [1.29, 1.82) is 0 Å². The minimum atomic E-state index is -0.174. The van der Waals surface area contributed by atoms with Crippen molar-refractivity contribution in [3.05, 3.63) is 93.6 Å². The molecule has 6 nitrogen and oxygen atoms in total. The Balaban J connectivity index is 1.42. The second-order valence-corrected chi connectivity index (χ2v) is 8.73. The molecular weight excluding hydrogens is 480 g/mol. The number of Topliss-reactive ketones (excluding diaryl/α,β-unsaturated/α-hetero) is 1. The van der Waals surface area contributed by atoms with Crippen molar-refractivity contribution in [2.45, 2.75) is 19.8 Å². The van der Waals surface area contributed by atoms with Crippen LogP contribution in [0.5, 0.6) is 0 Å². The second-order valence-electron chi connectivity index (χ2n) is 7.82. The van der Waals surface area contributed by atoms with Crippen LogP contribution in [-0.2, 0) is 17.6 Å². The third kappa shape index (κ3) is 5.73. The summed E-state index contributed by atoms with van der Waals surface area (Å²) in [6.45, 7) is 4.79. The molecule has 0 spiro atoms. The number of hydrogen-bond donors (Lipinski definition) is 1. The number of pyridine rings is 1. The number of nitrogens with one attached hydrogen (secondary N) is 1. The van der Waals surface area contributed by atoms with Crippen LogP contribution in [0.15, 0.2) is 76.3 Å². The van der Waals surface area contributed by atoms with E-state index in [1.807, 2.05) is 54.6 Å². The van der Waals surface area contributed by atoms with Gasteiger partial charge in [0.05, 0.1) is 13.0 Å². The lowest BCUT2D eigenvalue weighted by Gasteiger charge is -2.18. The number of carbonyl (C=O) groups is 2. The summed E-state index contributed by atoms with van der Waals surface area (Å²) in [6.07, 6.45) is 2.04. The molecular formula is C26H25BrN4O2. The van der Waals surface area contributed by atoms with E-state index in [4.69, 9.17) is 0 Å². The van der Waals surface area contributed by atoms with Crippen LogP contribution in [0.4, 0.5) is 5.82 Å². The van der Waals surface area contributed by atoms with E-state index in [1.165, 1.54) is 0 Å². The van der Waals surface area contributed by atoms with Crippen molar-refractivity contribution in [2.24, 2.45) is 4.99 Å². The molecule has 3 aromatic rings. The van der Waals surface area contributed by atoms with Gasteiger partial charge < -0.3 is 10.2 Å². The van der Waals surface area contributed by atoms with Crippen molar-refractivity contribution >= 4 is 39.3 Å². The highest BCUT2D eigenvalue weighted by molar-refractivity contribution is 9.10. The molecule has 1 aliphatic rings. The van der Waals surface area contributed by atoms with Crippen molar-refractivity contribution < 1.29 is 9.59 Å². The zero-order valence-electron chi connectivity index (χ0n) is 18.4. The van der Waals surface area contributed by atoms with Crippen molar-refractivity contribution in [3.63, 3.8) is 0 Å². The van der Waals surface area contributed by atoms with Gasteiger partial charge >= 0.3 is 0 Å². The van der Waals surface area contributed by atoms with Crippen LogP contribution in [0.3, 0.4) is 0 Å². The first-order chi connectivity index (χ1) is 16.0. The maximum Gasteiger partial charge on any atom is 0.229 e. The smallest absolute Gasteiger partial charge is 0.229 e. The molecule has 1 amide bonds. The third-order valence-corrected chi connectivity index (χ3v) is 6.06. The molecule has 7 heteroatoms. The van der Waals surface area contributed by atoms with Crippen LogP contribution >= 0.6 is 15.9 Å². The van der Waals surface area contributed by atoms with Gasteiger partial charge in [0.25, 0.3) is 0 Å². The number of likely N-dealkylation sites (N-methyl/N-ethyl adjacent to an activating group) is 1. The molecule has 0 fully saturated rings. The second kappa shape index (κ2) is 10.5. The Morgan fingerprint density at radius 1 is 1.00 bits per heavy atom. The maximum absolute atomic E-state index is 13.0. The number of amidine groups is 1. The molecule has 0 aliphatic carbocycles. The normalized spacial score (nSPS) is 13.0. The molecule has 0 saturated heterocycles. The molecule has 168 valence electrons. The standard InChI is InChI=1S/C26H25BrN4O2/c1-2-31-14-13-28-26(31)19-9-7-18(8-10-19)23(32)15-20-5-3-4-6-21(20)16-25(33)30-24-12-11-22(27)17-29-24/h3-12,17H,2,13-16H2,1H3,(H,29,30,33). The Bertz CT molecular complexity index is 1170. The molecule has 4 rings (SSSR count). The van der Waals surface area contributed by atoms with Crippen molar-refractivity contribution in [1.82, 2.24) is 9.88 Å². The number of ketones is 1. The topological polar surface area (TPSA) is 74.7 Å². The summed E-state index contributed by atoms with van der Waals surface area (Å²) in [4.78, 5) is 36.5. The summed E-state index contributed by atoms with van der Waals surface area (Å²) in [5, 5.41) is 2.80. The Morgan fingerprint density at radius 3 is 2.39 bits per heavy atom. The van der Waals surface area contributed by atoms with Gasteiger partial charge in [0.2, 0.25) is 5.91 Å². The number of amides is 1. The monoisotopic (exact) mass is 504 g/mol. The molecule has 1 N–H and O–H groups in total. The van der Waals surface area contributed by atoms with Gasteiger partial charge in [-0.15, -0.1) is 0 Å². The van der Waals surface area contributed by atoms with Gasteiger partial charge in [0.1, 0.15) is 11.7 Å². The molecule has 0 atom stereocenters. The van der Waals surface area contributed by atoms with E-state index in [9.17, 15) is 9.59 Å². The SMILES string of the molecule is CCN1CCN=C1c1ccc(C(=O)Cc2ccccc2CC(=O)Nc2ccc(Br)cn2)cc1. The Morgan fingerprint density at radius 2 is 1.73 bits per heavy atom. The number of aliphatic imine (C=N–C) groups is 1.